The van der Waals surface area contributed by atoms with E-state index in [-0.39, 0.29) is 0 Å². The van der Waals surface area contributed by atoms with Crippen molar-refractivity contribution in [2.24, 2.45) is 17.8 Å². The fraction of sp³-hybridized carbons (Fsp3) is 0.750. The SMILES string of the molecule is C[CH]C1CCCC2CC=CCC12. The number of fused-ring (bicyclic) bond motifs is 1. The van der Waals surface area contributed by atoms with Crippen molar-refractivity contribution in [2.75, 3.05) is 0 Å². The molecule has 0 aromatic carbocycles. The Morgan fingerprint density at radius 1 is 1.17 bits per heavy atom. The van der Waals surface area contributed by atoms with Gasteiger partial charge < -0.3 is 0 Å². The van der Waals surface area contributed by atoms with Crippen molar-refractivity contribution in [3.63, 3.8) is 0 Å². The van der Waals surface area contributed by atoms with Gasteiger partial charge in [0, 0.05) is 0 Å². The van der Waals surface area contributed by atoms with Gasteiger partial charge in [-0.3, -0.25) is 0 Å². The van der Waals surface area contributed by atoms with E-state index >= 15 is 0 Å². The third-order valence-electron chi connectivity index (χ3n) is 3.71. The summed E-state index contributed by atoms with van der Waals surface area (Å²) in [6.07, 6.45) is 14.3. The highest BCUT2D eigenvalue weighted by molar-refractivity contribution is 5.00. The largest absolute Gasteiger partial charge is 0.0882 e. The lowest BCUT2D eigenvalue weighted by molar-refractivity contribution is 0.170. The van der Waals surface area contributed by atoms with E-state index < -0.39 is 0 Å². The van der Waals surface area contributed by atoms with Gasteiger partial charge in [0.25, 0.3) is 0 Å². The third kappa shape index (κ3) is 1.44. The minimum Gasteiger partial charge on any atom is -0.0882 e. The second kappa shape index (κ2) is 3.64. The van der Waals surface area contributed by atoms with Crippen molar-refractivity contribution in [1.29, 1.82) is 0 Å². The van der Waals surface area contributed by atoms with Crippen molar-refractivity contribution in [3.8, 4) is 0 Å². The Hall–Kier alpha value is -0.260. The second-order valence-corrected chi connectivity index (χ2v) is 4.29. The van der Waals surface area contributed by atoms with Crippen LogP contribution in [0.25, 0.3) is 0 Å². The first kappa shape index (κ1) is 8.34. The lowest BCUT2D eigenvalue weighted by atomic mass is 9.67. The molecule has 0 bridgehead atoms. The van der Waals surface area contributed by atoms with E-state index in [1.54, 1.807) is 0 Å². The van der Waals surface area contributed by atoms with Crippen molar-refractivity contribution in [1.82, 2.24) is 0 Å². The van der Waals surface area contributed by atoms with Gasteiger partial charge in [0.1, 0.15) is 0 Å². The molecule has 12 heavy (non-hydrogen) atoms. The van der Waals surface area contributed by atoms with Crippen LogP contribution in [0.4, 0.5) is 0 Å². The number of allylic oxidation sites excluding steroid dienone is 2. The van der Waals surface area contributed by atoms with Gasteiger partial charge in [0.05, 0.1) is 0 Å². The fourth-order valence-corrected chi connectivity index (χ4v) is 2.99. The van der Waals surface area contributed by atoms with E-state index in [9.17, 15) is 0 Å². The molecule has 2 aliphatic carbocycles. The molecule has 0 aromatic heterocycles. The molecular weight excluding hydrogens is 144 g/mol. The van der Waals surface area contributed by atoms with Gasteiger partial charge in [-0.05, 0) is 49.9 Å². The molecule has 2 rings (SSSR count). The van der Waals surface area contributed by atoms with Crippen LogP contribution in [0, 0.1) is 24.2 Å². The standard InChI is InChI=1S/C12H19/c1-2-10-7-5-8-11-6-3-4-9-12(10)11/h2-4,10-12H,5-9H2,1H3. The zero-order chi connectivity index (χ0) is 8.39. The lowest BCUT2D eigenvalue weighted by Gasteiger charge is -2.39. The van der Waals surface area contributed by atoms with Crippen LogP contribution in [0.1, 0.15) is 39.0 Å². The number of rotatable bonds is 1. The minimum absolute atomic E-state index is 0.925. The van der Waals surface area contributed by atoms with Gasteiger partial charge in [-0.25, -0.2) is 0 Å². The highest BCUT2D eigenvalue weighted by Gasteiger charge is 2.31. The molecule has 67 valence electrons. The first-order chi connectivity index (χ1) is 5.92. The van der Waals surface area contributed by atoms with Gasteiger partial charge in [-0.2, -0.15) is 0 Å². The normalized spacial score (nSPS) is 40.9. The number of hydrogen-bond donors (Lipinski definition) is 0. The van der Waals surface area contributed by atoms with Crippen LogP contribution in [-0.4, -0.2) is 0 Å². The summed E-state index contributed by atoms with van der Waals surface area (Å²) in [6, 6.07) is 0. The van der Waals surface area contributed by atoms with Gasteiger partial charge in [0.15, 0.2) is 0 Å². The lowest BCUT2D eigenvalue weighted by Crippen LogP contribution is -2.29. The topological polar surface area (TPSA) is 0 Å². The van der Waals surface area contributed by atoms with Gasteiger partial charge >= 0.3 is 0 Å². The summed E-state index contributed by atoms with van der Waals surface area (Å²) in [5.74, 6) is 2.94. The molecule has 0 heterocycles. The molecule has 0 nitrogen and oxygen atoms in total. The predicted molar refractivity (Wildman–Crippen MR) is 52.7 cm³/mol. The van der Waals surface area contributed by atoms with E-state index in [1.165, 1.54) is 32.1 Å². The molecule has 0 aliphatic heterocycles. The third-order valence-corrected chi connectivity index (χ3v) is 3.71. The quantitative estimate of drug-likeness (QED) is 0.518. The zero-order valence-corrected chi connectivity index (χ0v) is 8.00. The van der Waals surface area contributed by atoms with Gasteiger partial charge in [-0.15, -0.1) is 0 Å². The Bertz CT molecular complexity index is 169. The molecule has 3 atom stereocenters. The molecule has 0 aromatic rings. The molecule has 0 amide bonds. The summed E-state index contributed by atoms with van der Waals surface area (Å²) in [7, 11) is 0. The Morgan fingerprint density at radius 3 is 2.83 bits per heavy atom. The van der Waals surface area contributed by atoms with Crippen LogP contribution in [-0.2, 0) is 0 Å². The summed E-state index contributed by atoms with van der Waals surface area (Å²) >= 11 is 0. The molecule has 1 saturated carbocycles. The van der Waals surface area contributed by atoms with E-state index in [4.69, 9.17) is 0 Å². The second-order valence-electron chi connectivity index (χ2n) is 4.29. The maximum absolute atomic E-state index is 2.44. The monoisotopic (exact) mass is 163 g/mol. The van der Waals surface area contributed by atoms with Crippen molar-refractivity contribution < 1.29 is 0 Å². The maximum Gasteiger partial charge on any atom is -0.0317 e. The van der Waals surface area contributed by atoms with E-state index in [2.05, 4.69) is 25.5 Å². The Balaban J connectivity index is 2.05. The van der Waals surface area contributed by atoms with E-state index in [1.807, 2.05) is 0 Å². The van der Waals surface area contributed by atoms with E-state index in [0.717, 1.165) is 17.8 Å². The van der Waals surface area contributed by atoms with Crippen molar-refractivity contribution in [2.45, 2.75) is 39.0 Å². The van der Waals surface area contributed by atoms with Crippen molar-refractivity contribution >= 4 is 0 Å². The molecule has 0 heteroatoms. The highest BCUT2D eigenvalue weighted by Crippen LogP contribution is 2.42. The minimum atomic E-state index is 0.925. The molecule has 1 fully saturated rings. The average molecular weight is 163 g/mol. The first-order valence-corrected chi connectivity index (χ1v) is 5.36. The number of hydrogen-bond acceptors (Lipinski definition) is 0. The van der Waals surface area contributed by atoms with Crippen LogP contribution in [0.2, 0.25) is 0 Å². The molecule has 0 N–H and O–H groups in total. The zero-order valence-electron chi connectivity index (χ0n) is 8.00. The molecule has 2 aliphatic rings. The smallest absolute Gasteiger partial charge is 0.0317 e. The van der Waals surface area contributed by atoms with Gasteiger partial charge in [-0.1, -0.05) is 25.5 Å². The Morgan fingerprint density at radius 2 is 2.00 bits per heavy atom. The van der Waals surface area contributed by atoms with Crippen LogP contribution >= 0.6 is 0 Å². The van der Waals surface area contributed by atoms with Gasteiger partial charge in [0.2, 0.25) is 0 Å². The summed E-state index contributed by atoms with van der Waals surface area (Å²) in [5.41, 5.74) is 0. The molecular formula is C12H19. The Kier molecular flexibility index (Phi) is 2.53. The summed E-state index contributed by atoms with van der Waals surface area (Å²) in [5, 5.41) is 0. The van der Waals surface area contributed by atoms with Crippen LogP contribution in [0.3, 0.4) is 0 Å². The summed E-state index contributed by atoms with van der Waals surface area (Å²) in [4.78, 5) is 0. The summed E-state index contributed by atoms with van der Waals surface area (Å²) in [6.45, 7) is 2.24. The van der Waals surface area contributed by atoms with E-state index in [0.29, 0.717) is 0 Å². The van der Waals surface area contributed by atoms with Crippen LogP contribution < -0.4 is 0 Å². The molecule has 1 radical (unpaired) electrons. The van der Waals surface area contributed by atoms with Crippen LogP contribution in [0.15, 0.2) is 12.2 Å². The van der Waals surface area contributed by atoms with Crippen LogP contribution in [0.5, 0.6) is 0 Å². The highest BCUT2D eigenvalue weighted by atomic mass is 14.4. The van der Waals surface area contributed by atoms with Crippen molar-refractivity contribution in [3.05, 3.63) is 18.6 Å². The summed E-state index contributed by atoms with van der Waals surface area (Å²) < 4.78 is 0. The Labute approximate surface area is 76.1 Å². The molecule has 0 saturated heterocycles. The fourth-order valence-electron chi connectivity index (χ4n) is 2.99. The first-order valence-electron chi connectivity index (χ1n) is 5.36. The molecule has 0 spiro atoms. The average Bonchev–Trinajstić information content (AvgIpc) is 2.17. The maximum atomic E-state index is 2.44. The predicted octanol–water partition coefficient (Wildman–Crippen LogP) is 3.59. The molecule has 3 unspecified atom stereocenters.